The monoisotopic (exact) mass is 344 g/mol. The van der Waals surface area contributed by atoms with Crippen LogP contribution in [-0.4, -0.2) is 4.57 Å². The van der Waals surface area contributed by atoms with Crippen LogP contribution >= 0.6 is 22.7 Å². The number of para-hydroxylation sites is 1. The summed E-state index contributed by atoms with van der Waals surface area (Å²) in [7, 11) is 0. The first-order valence-corrected chi connectivity index (χ1v) is 9.62. The second kappa shape index (κ2) is 6.42. The van der Waals surface area contributed by atoms with Gasteiger partial charge in [-0.05, 0) is 36.4 Å². The zero-order valence-electron chi connectivity index (χ0n) is 12.6. The summed E-state index contributed by atoms with van der Waals surface area (Å²) >= 11 is 3.34. The number of aromatic nitrogens is 1. The predicted octanol–water partition coefficient (Wildman–Crippen LogP) is 5.76. The van der Waals surface area contributed by atoms with Crippen molar-refractivity contribution in [3.63, 3.8) is 0 Å². The van der Waals surface area contributed by atoms with Gasteiger partial charge in [-0.3, -0.25) is 0 Å². The van der Waals surface area contributed by atoms with Crippen molar-refractivity contribution in [3.05, 3.63) is 57.8 Å². The molecule has 1 fully saturated rings. The molecule has 1 aliphatic rings. The lowest BCUT2D eigenvalue weighted by molar-refractivity contribution is 0.512. The van der Waals surface area contributed by atoms with Crippen LogP contribution in [0.15, 0.2) is 52.2 Å². The molecule has 23 heavy (non-hydrogen) atoms. The predicted molar refractivity (Wildman–Crippen MR) is 94.8 cm³/mol. The fraction of sp³-hybridized carbons (Fsp3) is 0.278. The third kappa shape index (κ3) is 2.91. The number of hydrogen-bond acceptors (Lipinski definition) is 3. The van der Waals surface area contributed by atoms with E-state index in [1.165, 1.54) is 42.3 Å². The van der Waals surface area contributed by atoms with Crippen molar-refractivity contribution in [2.75, 3.05) is 0 Å². The molecular formula is C18H17FN2S2. The maximum absolute atomic E-state index is 14.0. The molecule has 1 saturated carbocycles. The molecule has 0 bridgehead atoms. The lowest BCUT2D eigenvalue weighted by Gasteiger charge is -2.15. The molecule has 2 nitrogen and oxygen atoms in total. The Hall–Kier alpha value is -1.72. The van der Waals surface area contributed by atoms with Gasteiger partial charge in [0.05, 0.1) is 10.6 Å². The van der Waals surface area contributed by atoms with Gasteiger partial charge in [0.1, 0.15) is 11.5 Å². The number of thiophene rings is 1. The van der Waals surface area contributed by atoms with Gasteiger partial charge >= 0.3 is 0 Å². The van der Waals surface area contributed by atoms with E-state index in [0.717, 1.165) is 4.80 Å². The van der Waals surface area contributed by atoms with Gasteiger partial charge < -0.3 is 4.57 Å². The standard InChI is InChI=1S/C18H17FN2S2/c19-14-8-3-4-9-15(14)20-18-21(13-6-1-2-7-13)16(12-23-18)17-10-5-11-22-17/h3-5,8-13H,1-2,6-7H2. The van der Waals surface area contributed by atoms with Crippen LogP contribution in [0.2, 0.25) is 0 Å². The average Bonchev–Trinajstić information content (AvgIpc) is 3.30. The fourth-order valence-corrected chi connectivity index (χ4v) is 4.95. The highest BCUT2D eigenvalue weighted by molar-refractivity contribution is 7.14. The first kappa shape index (κ1) is 14.8. The summed E-state index contributed by atoms with van der Waals surface area (Å²) < 4.78 is 16.3. The van der Waals surface area contributed by atoms with E-state index in [1.807, 2.05) is 6.07 Å². The number of thiazole rings is 1. The topological polar surface area (TPSA) is 17.3 Å². The summed E-state index contributed by atoms with van der Waals surface area (Å²) in [6.45, 7) is 0. The Morgan fingerprint density at radius 1 is 1.04 bits per heavy atom. The molecule has 5 heteroatoms. The van der Waals surface area contributed by atoms with Crippen LogP contribution in [-0.2, 0) is 0 Å². The smallest absolute Gasteiger partial charge is 0.190 e. The lowest BCUT2D eigenvalue weighted by Crippen LogP contribution is -2.19. The highest BCUT2D eigenvalue weighted by atomic mass is 32.1. The summed E-state index contributed by atoms with van der Waals surface area (Å²) in [6, 6.07) is 11.4. The van der Waals surface area contributed by atoms with E-state index >= 15 is 0 Å². The summed E-state index contributed by atoms with van der Waals surface area (Å²) in [4.78, 5) is 6.77. The third-order valence-electron chi connectivity index (χ3n) is 4.27. The molecule has 1 aromatic carbocycles. The van der Waals surface area contributed by atoms with Crippen molar-refractivity contribution < 1.29 is 4.39 Å². The average molecular weight is 344 g/mol. The molecule has 0 aliphatic heterocycles. The summed E-state index contributed by atoms with van der Waals surface area (Å²) in [5, 5.41) is 4.25. The minimum Gasteiger partial charge on any atom is -0.313 e. The van der Waals surface area contributed by atoms with Crippen molar-refractivity contribution >= 4 is 28.4 Å². The molecule has 2 heterocycles. The van der Waals surface area contributed by atoms with Crippen LogP contribution in [0.3, 0.4) is 0 Å². The third-order valence-corrected chi connectivity index (χ3v) is 6.01. The number of benzene rings is 1. The Morgan fingerprint density at radius 2 is 1.87 bits per heavy atom. The van der Waals surface area contributed by atoms with Crippen molar-refractivity contribution in [2.24, 2.45) is 4.99 Å². The second-order valence-electron chi connectivity index (χ2n) is 5.75. The Bertz CT molecular complexity index is 855. The van der Waals surface area contributed by atoms with Gasteiger partial charge in [-0.25, -0.2) is 9.38 Å². The number of nitrogens with zero attached hydrogens (tertiary/aromatic N) is 2. The molecule has 1 aliphatic carbocycles. The molecule has 0 saturated heterocycles. The van der Waals surface area contributed by atoms with E-state index in [-0.39, 0.29) is 5.82 Å². The van der Waals surface area contributed by atoms with E-state index in [4.69, 9.17) is 0 Å². The minimum atomic E-state index is -0.267. The number of hydrogen-bond donors (Lipinski definition) is 0. The van der Waals surface area contributed by atoms with Gasteiger partial charge in [-0.15, -0.1) is 22.7 Å². The van der Waals surface area contributed by atoms with Crippen LogP contribution in [0.1, 0.15) is 31.7 Å². The van der Waals surface area contributed by atoms with Crippen LogP contribution in [0.4, 0.5) is 10.1 Å². The van der Waals surface area contributed by atoms with Gasteiger partial charge in [0.2, 0.25) is 0 Å². The van der Waals surface area contributed by atoms with Crippen LogP contribution < -0.4 is 4.80 Å². The van der Waals surface area contributed by atoms with Crippen LogP contribution in [0.25, 0.3) is 10.6 Å². The maximum Gasteiger partial charge on any atom is 0.190 e. The first-order chi connectivity index (χ1) is 11.3. The quantitative estimate of drug-likeness (QED) is 0.574. The van der Waals surface area contributed by atoms with Crippen LogP contribution in [0.5, 0.6) is 0 Å². The summed E-state index contributed by atoms with van der Waals surface area (Å²) in [6.07, 6.45) is 4.88. The maximum atomic E-state index is 14.0. The molecular weight excluding hydrogens is 327 g/mol. The molecule has 0 atom stereocenters. The van der Waals surface area contributed by atoms with Crippen molar-refractivity contribution in [3.8, 4) is 10.6 Å². The minimum absolute atomic E-state index is 0.267. The molecule has 4 rings (SSSR count). The zero-order valence-corrected chi connectivity index (χ0v) is 14.2. The Labute approximate surface area is 142 Å². The molecule has 0 amide bonds. The first-order valence-electron chi connectivity index (χ1n) is 7.86. The highest BCUT2D eigenvalue weighted by Gasteiger charge is 2.22. The second-order valence-corrected chi connectivity index (χ2v) is 7.54. The van der Waals surface area contributed by atoms with E-state index in [9.17, 15) is 4.39 Å². The van der Waals surface area contributed by atoms with Crippen molar-refractivity contribution in [2.45, 2.75) is 31.7 Å². The molecule has 118 valence electrons. The summed E-state index contributed by atoms with van der Waals surface area (Å²) in [5.41, 5.74) is 1.63. The molecule has 3 aromatic rings. The van der Waals surface area contributed by atoms with Crippen LogP contribution in [0, 0.1) is 5.82 Å². The highest BCUT2D eigenvalue weighted by Crippen LogP contribution is 2.35. The Balaban J connectivity index is 1.88. The van der Waals surface area contributed by atoms with Crippen molar-refractivity contribution in [1.82, 2.24) is 4.57 Å². The zero-order chi connectivity index (χ0) is 15.6. The van der Waals surface area contributed by atoms with Gasteiger partial charge in [0, 0.05) is 11.4 Å². The SMILES string of the molecule is Fc1ccccc1N=c1scc(-c2cccs2)n1C1CCCC1. The van der Waals surface area contributed by atoms with E-state index in [2.05, 4.69) is 32.5 Å². The van der Waals surface area contributed by atoms with Gasteiger partial charge in [0.15, 0.2) is 4.80 Å². The van der Waals surface area contributed by atoms with Gasteiger partial charge in [-0.2, -0.15) is 0 Å². The number of halogens is 1. The molecule has 0 spiro atoms. The fourth-order valence-electron chi connectivity index (χ4n) is 3.17. The molecule has 0 N–H and O–H groups in total. The molecule has 0 radical (unpaired) electrons. The molecule has 2 aromatic heterocycles. The Kier molecular flexibility index (Phi) is 4.14. The van der Waals surface area contributed by atoms with Crippen molar-refractivity contribution in [1.29, 1.82) is 0 Å². The Morgan fingerprint density at radius 3 is 2.61 bits per heavy atom. The lowest BCUT2D eigenvalue weighted by atomic mass is 10.2. The van der Waals surface area contributed by atoms with E-state index in [1.54, 1.807) is 34.8 Å². The molecule has 0 unspecified atom stereocenters. The number of rotatable bonds is 3. The van der Waals surface area contributed by atoms with Gasteiger partial charge in [0.25, 0.3) is 0 Å². The largest absolute Gasteiger partial charge is 0.313 e. The van der Waals surface area contributed by atoms with E-state index in [0.29, 0.717) is 11.7 Å². The van der Waals surface area contributed by atoms with E-state index < -0.39 is 0 Å². The van der Waals surface area contributed by atoms with Gasteiger partial charge in [-0.1, -0.05) is 31.0 Å². The normalized spacial score (nSPS) is 16.3. The summed E-state index contributed by atoms with van der Waals surface area (Å²) in [5.74, 6) is -0.267.